The van der Waals surface area contributed by atoms with E-state index >= 15 is 0 Å². The molecule has 0 N–H and O–H groups in total. The molecule has 0 amide bonds. The Hall–Kier alpha value is -3.50. The number of fused-ring (bicyclic) bond motifs is 5. The molecule has 4 rings (SSSR count). The van der Waals surface area contributed by atoms with Gasteiger partial charge in [0, 0.05) is 38.0 Å². The molecule has 0 aromatic heterocycles. The Morgan fingerprint density at radius 3 is 2.05 bits per heavy atom. The first-order valence-corrected chi connectivity index (χ1v) is 23.0. The second kappa shape index (κ2) is 19.9. The van der Waals surface area contributed by atoms with Gasteiger partial charge in [0.25, 0.3) is 0 Å². The van der Waals surface area contributed by atoms with E-state index in [2.05, 4.69) is 46.8 Å². The molecule has 0 aromatic carbocycles. The number of carbonyl (C=O) groups is 6. The molecule has 0 radical (unpaired) electrons. The third kappa shape index (κ3) is 12.8. The molecule has 8 unspecified atom stereocenters. The van der Waals surface area contributed by atoms with E-state index in [0.29, 0.717) is 30.1 Å². The van der Waals surface area contributed by atoms with E-state index in [1.165, 1.54) is 6.92 Å². The topological polar surface area (TPSA) is 149 Å². The molecule has 0 aliphatic heterocycles. The number of ether oxygens (including phenoxy) is 5. The summed E-state index contributed by atoms with van der Waals surface area (Å²) in [5.41, 5.74) is -1.55. The summed E-state index contributed by atoms with van der Waals surface area (Å²) < 4.78 is 27.9. The molecule has 11 atom stereocenters. The fraction of sp³-hybridized carbons (Fsp3) is 0.800. The zero-order valence-electron chi connectivity index (χ0n) is 39.7. The number of hydrogen-bond donors (Lipinski definition) is 0. The molecule has 3 fully saturated rings. The molecule has 61 heavy (non-hydrogen) atoms. The number of hydrogen-bond acceptors (Lipinski definition) is 11. The molecule has 344 valence electrons. The second-order valence-corrected chi connectivity index (χ2v) is 22.2. The smallest absolute Gasteiger partial charge is 0.465 e. The maximum Gasteiger partial charge on any atom is 0.511 e. The average Bonchev–Trinajstić information content (AvgIpc) is 3.48. The van der Waals surface area contributed by atoms with Gasteiger partial charge in [-0.2, -0.15) is 0 Å². The van der Waals surface area contributed by atoms with Crippen LogP contribution in [0.4, 0.5) is 4.79 Å². The van der Waals surface area contributed by atoms with Crippen LogP contribution in [0.25, 0.3) is 0 Å². The van der Waals surface area contributed by atoms with Gasteiger partial charge in [-0.1, -0.05) is 65.8 Å². The van der Waals surface area contributed by atoms with E-state index in [0.717, 1.165) is 44.9 Å². The number of rotatable bonds is 18. The largest absolute Gasteiger partial charge is 0.511 e. The molecule has 0 spiro atoms. The van der Waals surface area contributed by atoms with Crippen molar-refractivity contribution in [3.63, 3.8) is 0 Å². The lowest BCUT2D eigenvalue weighted by atomic mass is 9.44. The van der Waals surface area contributed by atoms with Crippen molar-refractivity contribution in [2.24, 2.45) is 68.5 Å². The van der Waals surface area contributed by atoms with Crippen LogP contribution in [0.5, 0.6) is 0 Å². The van der Waals surface area contributed by atoms with Gasteiger partial charge >= 0.3 is 24.1 Å². The number of allylic oxidation sites excluding steroid dienone is 3. The van der Waals surface area contributed by atoms with Crippen molar-refractivity contribution in [2.45, 2.75) is 173 Å². The van der Waals surface area contributed by atoms with Crippen LogP contribution < -0.4 is 0 Å². The van der Waals surface area contributed by atoms with Crippen LogP contribution in [0.3, 0.4) is 0 Å². The lowest BCUT2D eigenvalue weighted by molar-refractivity contribution is -0.172. The number of esters is 3. The highest BCUT2D eigenvalue weighted by molar-refractivity contribution is 5.82. The van der Waals surface area contributed by atoms with Crippen LogP contribution in [-0.2, 0) is 47.7 Å². The van der Waals surface area contributed by atoms with Gasteiger partial charge in [0.05, 0.1) is 24.0 Å². The lowest BCUT2D eigenvalue weighted by Crippen LogP contribution is -2.54. The van der Waals surface area contributed by atoms with Gasteiger partial charge < -0.3 is 23.7 Å². The van der Waals surface area contributed by atoms with Crippen LogP contribution in [-0.4, -0.2) is 61.2 Å². The molecular weight excluding hydrogens is 777 g/mol. The minimum Gasteiger partial charge on any atom is -0.465 e. The van der Waals surface area contributed by atoms with Gasteiger partial charge in [0.15, 0.2) is 0 Å². The molecular formula is C50H78O11. The molecule has 0 heterocycles. The van der Waals surface area contributed by atoms with E-state index in [1.807, 2.05) is 20.8 Å². The Morgan fingerprint density at radius 1 is 0.787 bits per heavy atom. The summed E-state index contributed by atoms with van der Waals surface area (Å²) in [4.78, 5) is 77.5. The van der Waals surface area contributed by atoms with Gasteiger partial charge in [-0.3, -0.25) is 24.0 Å². The van der Waals surface area contributed by atoms with Crippen LogP contribution in [0.1, 0.15) is 161 Å². The first-order valence-electron chi connectivity index (χ1n) is 23.0. The fourth-order valence-electron chi connectivity index (χ4n) is 11.9. The van der Waals surface area contributed by atoms with E-state index in [1.54, 1.807) is 39.8 Å². The van der Waals surface area contributed by atoms with Crippen molar-refractivity contribution in [1.29, 1.82) is 0 Å². The molecule has 0 aromatic rings. The third-order valence-electron chi connectivity index (χ3n) is 14.5. The van der Waals surface area contributed by atoms with Crippen LogP contribution in [0.2, 0.25) is 0 Å². The van der Waals surface area contributed by atoms with E-state index in [4.69, 9.17) is 23.7 Å². The van der Waals surface area contributed by atoms with Gasteiger partial charge in [0.1, 0.15) is 17.7 Å². The van der Waals surface area contributed by atoms with Crippen molar-refractivity contribution >= 4 is 35.6 Å². The van der Waals surface area contributed by atoms with Crippen molar-refractivity contribution in [2.75, 3.05) is 13.2 Å². The van der Waals surface area contributed by atoms with Crippen molar-refractivity contribution in [1.82, 2.24) is 0 Å². The zero-order valence-corrected chi connectivity index (χ0v) is 39.7. The average molecular weight is 855 g/mol. The minimum atomic E-state index is -1.18. The molecule has 3 saturated carbocycles. The predicted octanol–water partition coefficient (Wildman–Crippen LogP) is 10.6. The summed E-state index contributed by atoms with van der Waals surface area (Å²) in [6.45, 7) is 24.6. The Balaban J connectivity index is 1.22. The first kappa shape index (κ1) is 50.1. The molecule has 0 bridgehead atoms. The molecule has 0 saturated heterocycles. The quantitative estimate of drug-likeness (QED) is 0.0561. The third-order valence-corrected chi connectivity index (χ3v) is 14.5. The van der Waals surface area contributed by atoms with Crippen molar-refractivity contribution in [3.8, 4) is 0 Å². The zero-order chi connectivity index (χ0) is 45.7. The van der Waals surface area contributed by atoms with Gasteiger partial charge in [-0.25, -0.2) is 4.79 Å². The maximum absolute atomic E-state index is 13.3. The second-order valence-electron chi connectivity index (χ2n) is 22.2. The highest BCUT2D eigenvalue weighted by Crippen LogP contribution is 2.66. The number of ketones is 2. The van der Waals surface area contributed by atoms with E-state index in [-0.39, 0.29) is 78.3 Å². The summed E-state index contributed by atoms with van der Waals surface area (Å²) >= 11 is 0. The van der Waals surface area contributed by atoms with Gasteiger partial charge in [-0.05, 0) is 139 Å². The summed E-state index contributed by atoms with van der Waals surface area (Å²) in [5, 5.41) is 0. The van der Waals surface area contributed by atoms with Crippen molar-refractivity contribution in [3.05, 3.63) is 24.3 Å². The van der Waals surface area contributed by atoms with Crippen LogP contribution in [0, 0.1) is 68.5 Å². The lowest BCUT2D eigenvalue weighted by Gasteiger charge is -2.60. The maximum atomic E-state index is 13.3. The van der Waals surface area contributed by atoms with Gasteiger partial charge in [0.2, 0.25) is 6.29 Å². The molecule has 4 aliphatic rings. The van der Waals surface area contributed by atoms with Crippen LogP contribution in [0.15, 0.2) is 24.3 Å². The number of Topliss-reactive ketones (excluding diaryl/α,β-unsaturated/α-hetero) is 2. The SMILES string of the molecule is C/C=C\C(C)(C)C(=O)OCC(COC(=O)C(C)(C)CC(C)(C)C)CC(=O)CC(C)CC(=O)OC(C)OC(=O)OC1CCC2(C)[C@@H](CCC3[C@@H]4C=CC(C(C)=O)C4(C)CC[C@@H]32)C1. The Labute approximate surface area is 366 Å². The normalized spacial score (nSPS) is 30.2. The molecule has 11 heteroatoms. The highest BCUT2D eigenvalue weighted by Gasteiger charge is 2.59. The Morgan fingerprint density at radius 2 is 1.43 bits per heavy atom. The van der Waals surface area contributed by atoms with Crippen molar-refractivity contribution < 1.29 is 52.5 Å². The first-order chi connectivity index (χ1) is 28.2. The standard InChI is InChI=1S/C50H78O11/c1-14-21-47(8,9)43(54)57-28-34(29-58-44(55)48(10,11)30-46(5,6)7)26-36(52)24-31(2)25-42(53)59-33(4)60-45(56)61-37-19-22-49(12)35(27-37)15-16-38-40-18-17-39(32(3)51)50(40,13)23-20-41(38)49/h14,17-18,21,31,33-35,37-41H,15-16,19-20,22-30H2,1-13H3/b21-14-/t31?,33?,34?,35-,37?,38?,39?,40-,41-,49?,50?/m0/s1. The summed E-state index contributed by atoms with van der Waals surface area (Å²) in [6, 6.07) is 0. The molecule has 4 aliphatic carbocycles. The minimum absolute atomic E-state index is 0.0176. The summed E-state index contributed by atoms with van der Waals surface area (Å²) in [5.74, 6) is -0.303. The number of carbonyl (C=O) groups excluding carboxylic acids is 6. The highest BCUT2D eigenvalue weighted by atomic mass is 16.8. The monoisotopic (exact) mass is 855 g/mol. The fourth-order valence-corrected chi connectivity index (χ4v) is 11.9. The molecule has 11 nitrogen and oxygen atoms in total. The Kier molecular flexibility index (Phi) is 16.4. The summed E-state index contributed by atoms with van der Waals surface area (Å²) in [6.07, 6.45) is 13.1. The van der Waals surface area contributed by atoms with Crippen LogP contribution >= 0.6 is 0 Å². The predicted molar refractivity (Wildman–Crippen MR) is 233 cm³/mol. The van der Waals surface area contributed by atoms with E-state index in [9.17, 15) is 28.8 Å². The summed E-state index contributed by atoms with van der Waals surface area (Å²) in [7, 11) is 0. The van der Waals surface area contributed by atoms with E-state index < -0.39 is 47.0 Å². The van der Waals surface area contributed by atoms with Gasteiger partial charge in [-0.15, -0.1) is 0 Å². The Bertz CT molecular complexity index is 1670.